The Morgan fingerprint density at radius 1 is 1.10 bits per heavy atom. The van der Waals surface area contributed by atoms with Crippen molar-refractivity contribution < 1.29 is 4.79 Å². The maximum absolute atomic E-state index is 11.5. The van der Waals surface area contributed by atoms with Crippen LogP contribution in [0.3, 0.4) is 0 Å². The van der Waals surface area contributed by atoms with Gasteiger partial charge in [-0.1, -0.05) is 12.1 Å². The molecule has 1 aromatic carbocycles. The summed E-state index contributed by atoms with van der Waals surface area (Å²) in [7, 11) is 4.34. The molecule has 1 spiro atoms. The van der Waals surface area contributed by atoms with E-state index in [1.165, 1.54) is 9.13 Å². The maximum Gasteiger partial charge on any atom is 0.315 e. The zero-order valence-corrected chi connectivity index (χ0v) is 14.7. The molecule has 1 aromatic rings. The predicted molar refractivity (Wildman–Crippen MR) is 92.3 cm³/mol. The molecular formula is C16H22IN3O. The molecule has 1 saturated carbocycles. The average Bonchev–Trinajstić information content (AvgIpc) is 2.82. The first-order valence-electron chi connectivity index (χ1n) is 7.45. The highest BCUT2D eigenvalue weighted by Crippen LogP contribution is 2.45. The van der Waals surface area contributed by atoms with Crippen LogP contribution in [0.2, 0.25) is 0 Å². The van der Waals surface area contributed by atoms with Gasteiger partial charge in [0, 0.05) is 15.7 Å². The number of amides is 2. The number of nitrogens with zero attached hydrogens (tertiary/aromatic N) is 1. The molecule has 2 aliphatic rings. The first kappa shape index (κ1) is 15.1. The monoisotopic (exact) mass is 399 g/mol. The van der Waals surface area contributed by atoms with Gasteiger partial charge in [-0.3, -0.25) is 4.90 Å². The quantitative estimate of drug-likeness (QED) is 0.752. The molecule has 1 heterocycles. The van der Waals surface area contributed by atoms with Gasteiger partial charge in [-0.25, -0.2) is 4.79 Å². The molecule has 1 saturated heterocycles. The lowest BCUT2D eigenvalue weighted by atomic mass is 9.69. The minimum absolute atomic E-state index is 0.0124. The second-order valence-corrected chi connectivity index (χ2v) is 7.77. The fourth-order valence-electron chi connectivity index (χ4n) is 3.78. The third kappa shape index (κ3) is 2.65. The van der Waals surface area contributed by atoms with E-state index in [4.69, 9.17) is 0 Å². The lowest BCUT2D eigenvalue weighted by Gasteiger charge is -2.48. The van der Waals surface area contributed by atoms with E-state index >= 15 is 0 Å². The van der Waals surface area contributed by atoms with Crippen LogP contribution >= 0.6 is 22.6 Å². The smallest absolute Gasteiger partial charge is 0.315 e. The molecule has 1 aliphatic heterocycles. The van der Waals surface area contributed by atoms with Crippen molar-refractivity contribution in [3.8, 4) is 0 Å². The third-order valence-electron chi connectivity index (χ3n) is 5.24. The van der Waals surface area contributed by atoms with Gasteiger partial charge in [0.25, 0.3) is 0 Å². The summed E-state index contributed by atoms with van der Waals surface area (Å²) in [6.45, 7) is 0.766. The summed E-state index contributed by atoms with van der Waals surface area (Å²) >= 11 is 2.35. The molecule has 5 heteroatoms. The van der Waals surface area contributed by atoms with Crippen molar-refractivity contribution in [1.82, 2.24) is 15.5 Å². The number of benzene rings is 1. The Morgan fingerprint density at radius 3 is 2.19 bits per heavy atom. The van der Waals surface area contributed by atoms with Crippen LogP contribution in [-0.2, 0) is 5.54 Å². The zero-order chi connectivity index (χ0) is 15.1. The van der Waals surface area contributed by atoms with Gasteiger partial charge in [0.05, 0.1) is 5.54 Å². The number of rotatable bonds is 2. The predicted octanol–water partition coefficient (Wildman–Crippen LogP) is 2.67. The van der Waals surface area contributed by atoms with Gasteiger partial charge in [0.15, 0.2) is 0 Å². The van der Waals surface area contributed by atoms with Crippen LogP contribution in [0.5, 0.6) is 0 Å². The molecule has 4 nitrogen and oxygen atoms in total. The van der Waals surface area contributed by atoms with Gasteiger partial charge < -0.3 is 10.6 Å². The number of hydrogen-bond acceptors (Lipinski definition) is 2. The molecule has 114 valence electrons. The van der Waals surface area contributed by atoms with E-state index in [0.717, 1.165) is 32.2 Å². The summed E-state index contributed by atoms with van der Waals surface area (Å²) in [4.78, 5) is 13.8. The van der Waals surface area contributed by atoms with E-state index in [1.807, 2.05) is 0 Å². The van der Waals surface area contributed by atoms with Crippen molar-refractivity contribution in [2.75, 3.05) is 20.6 Å². The standard InChI is InChI=1S/C16H22IN3O/c1-20(2)16(12-3-5-13(17)6-4-12)9-7-15(8-10-16)11-18-14(21)19-15/h3-6H,7-11H2,1-2H3,(H2,18,19,21)/t15-,16+. The summed E-state index contributed by atoms with van der Waals surface area (Å²) in [5, 5.41) is 6.06. The van der Waals surface area contributed by atoms with E-state index in [2.05, 4.69) is 76.5 Å². The Bertz CT molecular complexity index is 533. The second-order valence-electron chi connectivity index (χ2n) is 6.52. The zero-order valence-electron chi connectivity index (χ0n) is 12.6. The molecule has 0 unspecified atom stereocenters. The first-order valence-corrected chi connectivity index (χ1v) is 8.53. The topological polar surface area (TPSA) is 44.4 Å². The van der Waals surface area contributed by atoms with Gasteiger partial charge in [0.1, 0.15) is 0 Å². The van der Waals surface area contributed by atoms with Crippen LogP contribution in [-0.4, -0.2) is 37.1 Å². The van der Waals surface area contributed by atoms with Gasteiger partial charge in [-0.15, -0.1) is 0 Å². The minimum Gasteiger partial charge on any atom is -0.336 e. The molecule has 0 aromatic heterocycles. The molecule has 0 atom stereocenters. The number of carbonyl (C=O) groups excluding carboxylic acids is 1. The van der Waals surface area contributed by atoms with Crippen molar-refractivity contribution in [3.05, 3.63) is 33.4 Å². The van der Waals surface area contributed by atoms with Crippen LogP contribution in [0, 0.1) is 3.57 Å². The van der Waals surface area contributed by atoms with E-state index < -0.39 is 0 Å². The highest BCUT2D eigenvalue weighted by molar-refractivity contribution is 14.1. The lowest BCUT2D eigenvalue weighted by Crippen LogP contribution is -2.53. The van der Waals surface area contributed by atoms with Crippen molar-refractivity contribution in [2.24, 2.45) is 0 Å². The molecule has 2 amide bonds. The summed E-state index contributed by atoms with van der Waals surface area (Å²) in [6.07, 6.45) is 4.19. The van der Waals surface area contributed by atoms with Crippen molar-refractivity contribution in [2.45, 2.75) is 36.8 Å². The number of nitrogens with one attached hydrogen (secondary N) is 2. The minimum atomic E-state index is -0.0280. The van der Waals surface area contributed by atoms with Crippen LogP contribution in [0.1, 0.15) is 31.2 Å². The Kier molecular flexibility index (Phi) is 3.90. The molecule has 2 fully saturated rings. The van der Waals surface area contributed by atoms with E-state index in [1.54, 1.807) is 0 Å². The highest BCUT2D eigenvalue weighted by atomic mass is 127. The third-order valence-corrected chi connectivity index (χ3v) is 5.96. The van der Waals surface area contributed by atoms with E-state index in [9.17, 15) is 4.79 Å². The Hall–Kier alpha value is -0.820. The molecular weight excluding hydrogens is 377 g/mol. The van der Waals surface area contributed by atoms with Gasteiger partial charge >= 0.3 is 6.03 Å². The van der Waals surface area contributed by atoms with Crippen molar-refractivity contribution >= 4 is 28.6 Å². The molecule has 0 radical (unpaired) electrons. The van der Waals surface area contributed by atoms with Crippen LogP contribution in [0.15, 0.2) is 24.3 Å². The first-order chi connectivity index (χ1) is 9.96. The summed E-state index contributed by atoms with van der Waals surface area (Å²) in [5.74, 6) is 0. The molecule has 0 bridgehead atoms. The van der Waals surface area contributed by atoms with Gasteiger partial charge in [0.2, 0.25) is 0 Å². The summed E-state index contributed by atoms with van der Waals surface area (Å²) in [5.41, 5.74) is 1.45. The normalized spacial score (nSPS) is 32.3. The molecule has 21 heavy (non-hydrogen) atoms. The van der Waals surface area contributed by atoms with Crippen molar-refractivity contribution in [3.63, 3.8) is 0 Å². The number of urea groups is 1. The Labute approximate surface area is 139 Å². The number of halogens is 1. The molecule has 2 N–H and O–H groups in total. The van der Waals surface area contributed by atoms with E-state index in [-0.39, 0.29) is 17.1 Å². The van der Waals surface area contributed by atoms with E-state index in [0.29, 0.717) is 0 Å². The largest absolute Gasteiger partial charge is 0.336 e. The lowest BCUT2D eigenvalue weighted by molar-refractivity contribution is 0.0652. The van der Waals surface area contributed by atoms with Crippen LogP contribution in [0.4, 0.5) is 4.79 Å². The number of carbonyl (C=O) groups is 1. The SMILES string of the molecule is CN(C)[C@]1(c2ccc(I)cc2)CC[C@]2(CC1)CNC(=O)N2. The average molecular weight is 399 g/mol. The summed E-state index contributed by atoms with van der Waals surface area (Å²) in [6, 6.07) is 8.87. The summed E-state index contributed by atoms with van der Waals surface area (Å²) < 4.78 is 1.27. The van der Waals surface area contributed by atoms with Crippen LogP contribution < -0.4 is 10.6 Å². The maximum atomic E-state index is 11.5. The van der Waals surface area contributed by atoms with Crippen molar-refractivity contribution in [1.29, 1.82) is 0 Å². The Morgan fingerprint density at radius 2 is 1.71 bits per heavy atom. The highest BCUT2D eigenvalue weighted by Gasteiger charge is 2.47. The molecule has 3 rings (SSSR count). The number of hydrogen-bond donors (Lipinski definition) is 2. The fourth-order valence-corrected chi connectivity index (χ4v) is 4.14. The molecule has 1 aliphatic carbocycles. The van der Waals surface area contributed by atoms with Crippen LogP contribution in [0.25, 0.3) is 0 Å². The van der Waals surface area contributed by atoms with Gasteiger partial charge in [-0.2, -0.15) is 0 Å². The second kappa shape index (κ2) is 5.43. The fraction of sp³-hybridized carbons (Fsp3) is 0.562. The Balaban J connectivity index is 1.84. The van der Waals surface area contributed by atoms with Gasteiger partial charge in [-0.05, 0) is 80.1 Å².